The minimum Gasteiger partial charge on any atom is -0.394 e. The van der Waals surface area contributed by atoms with Gasteiger partial charge < -0.3 is 10.4 Å². The highest BCUT2D eigenvalue weighted by Crippen LogP contribution is 2.29. The maximum absolute atomic E-state index is 9.72. The molecule has 0 aliphatic carbocycles. The third kappa shape index (κ3) is 4.04. The fourth-order valence-corrected chi connectivity index (χ4v) is 6.73. The Morgan fingerprint density at radius 1 is 1.15 bits per heavy atom. The average molecular weight is 292 g/mol. The predicted molar refractivity (Wildman–Crippen MR) is 90.5 cm³/mol. The summed E-state index contributed by atoms with van der Waals surface area (Å²) < 4.78 is 0. The zero-order valence-electron chi connectivity index (χ0n) is 13.2. The smallest absolute Gasteiger partial charge is 0.0821 e. The molecule has 2 N–H and O–H groups in total. The van der Waals surface area contributed by atoms with Crippen molar-refractivity contribution in [2.24, 2.45) is 0 Å². The molecule has 0 saturated carbocycles. The van der Waals surface area contributed by atoms with Crippen molar-refractivity contribution in [3.8, 4) is 0 Å². The first-order chi connectivity index (χ1) is 9.63. The summed E-state index contributed by atoms with van der Waals surface area (Å²) >= 11 is 0. The van der Waals surface area contributed by atoms with Gasteiger partial charge in [0.15, 0.2) is 0 Å². The fourth-order valence-electron chi connectivity index (χ4n) is 2.94. The van der Waals surface area contributed by atoms with Crippen molar-refractivity contribution >= 4 is 8.07 Å². The average Bonchev–Trinajstić information content (AvgIpc) is 2.51. The van der Waals surface area contributed by atoms with Gasteiger partial charge in [-0.2, -0.15) is 0 Å². The fraction of sp³-hybridized carbons (Fsp3) is 0.529. The van der Waals surface area contributed by atoms with E-state index in [-0.39, 0.29) is 12.6 Å². The van der Waals surface area contributed by atoms with Crippen LogP contribution in [0, 0.1) is 0 Å². The minimum absolute atomic E-state index is 0.0294. The highest BCUT2D eigenvalue weighted by Gasteiger charge is 2.33. The summed E-state index contributed by atoms with van der Waals surface area (Å²) in [6.45, 7) is 12.1. The van der Waals surface area contributed by atoms with Gasteiger partial charge in [0, 0.05) is 12.6 Å². The van der Waals surface area contributed by atoms with Crippen LogP contribution in [-0.4, -0.2) is 25.8 Å². The predicted octanol–water partition coefficient (Wildman–Crippen LogP) is 3.74. The molecule has 0 bridgehead atoms. The molecular weight excluding hydrogens is 262 g/mol. The van der Waals surface area contributed by atoms with Gasteiger partial charge in [0.1, 0.15) is 0 Å². The second kappa shape index (κ2) is 8.40. The Kier molecular flexibility index (Phi) is 7.20. The van der Waals surface area contributed by atoms with Gasteiger partial charge in [-0.15, -0.1) is 6.58 Å². The molecule has 0 aromatic heterocycles. The second-order valence-corrected chi connectivity index (χ2v) is 10.8. The summed E-state index contributed by atoms with van der Waals surface area (Å²) in [6.07, 6.45) is 0. The molecule has 0 spiro atoms. The highest BCUT2D eigenvalue weighted by atomic mass is 28.3. The van der Waals surface area contributed by atoms with Crippen LogP contribution in [0.25, 0.3) is 0 Å². The molecule has 0 amide bonds. The number of rotatable bonds is 9. The number of hydrogen-bond donors (Lipinski definition) is 2. The molecule has 1 unspecified atom stereocenters. The van der Waals surface area contributed by atoms with Crippen molar-refractivity contribution in [1.82, 2.24) is 5.32 Å². The lowest BCUT2D eigenvalue weighted by atomic mass is 10.2. The molecule has 1 aromatic rings. The van der Waals surface area contributed by atoms with Gasteiger partial charge in [-0.1, -0.05) is 74.4 Å². The van der Waals surface area contributed by atoms with Crippen LogP contribution in [-0.2, 0) is 6.54 Å². The van der Waals surface area contributed by atoms with E-state index in [1.807, 2.05) is 18.2 Å². The Labute approximate surface area is 124 Å². The lowest BCUT2D eigenvalue weighted by Gasteiger charge is -2.35. The molecule has 3 heteroatoms. The third-order valence-corrected chi connectivity index (χ3v) is 10.5. The van der Waals surface area contributed by atoms with Gasteiger partial charge in [-0.05, 0) is 5.56 Å². The van der Waals surface area contributed by atoms with Crippen LogP contribution >= 0.6 is 0 Å². The molecule has 112 valence electrons. The molecule has 0 radical (unpaired) electrons. The minimum atomic E-state index is -1.46. The van der Waals surface area contributed by atoms with E-state index in [1.54, 1.807) is 0 Å². The van der Waals surface area contributed by atoms with E-state index in [0.29, 0.717) is 0 Å². The molecule has 20 heavy (non-hydrogen) atoms. The van der Waals surface area contributed by atoms with Gasteiger partial charge in [-0.3, -0.25) is 0 Å². The first-order valence-corrected chi connectivity index (χ1v) is 10.3. The Morgan fingerprint density at radius 2 is 1.70 bits per heavy atom. The lowest BCUT2D eigenvalue weighted by molar-refractivity contribution is 0.261. The Morgan fingerprint density at radius 3 is 2.15 bits per heavy atom. The van der Waals surface area contributed by atoms with E-state index in [2.05, 4.69) is 44.8 Å². The van der Waals surface area contributed by atoms with Gasteiger partial charge in [0.05, 0.1) is 14.7 Å². The van der Waals surface area contributed by atoms with Crippen LogP contribution in [0.4, 0.5) is 0 Å². The van der Waals surface area contributed by atoms with Crippen molar-refractivity contribution in [2.75, 3.05) is 6.61 Å². The Bertz CT molecular complexity index is 392. The van der Waals surface area contributed by atoms with Crippen molar-refractivity contribution in [3.05, 3.63) is 47.7 Å². The zero-order chi connectivity index (χ0) is 15.0. The summed E-state index contributed by atoms with van der Waals surface area (Å²) in [5.74, 6) is 0. The Hall–Kier alpha value is -0.903. The van der Waals surface area contributed by atoms with E-state index in [4.69, 9.17) is 0 Å². The van der Waals surface area contributed by atoms with Crippen LogP contribution < -0.4 is 5.32 Å². The van der Waals surface area contributed by atoms with Crippen molar-refractivity contribution in [1.29, 1.82) is 0 Å². The van der Waals surface area contributed by atoms with Crippen LogP contribution in [0.3, 0.4) is 0 Å². The number of benzene rings is 1. The second-order valence-electron chi connectivity index (χ2n) is 5.47. The topological polar surface area (TPSA) is 32.3 Å². The van der Waals surface area contributed by atoms with Crippen molar-refractivity contribution in [2.45, 2.75) is 51.5 Å². The summed E-state index contributed by atoms with van der Waals surface area (Å²) in [6, 6.07) is 14.0. The summed E-state index contributed by atoms with van der Waals surface area (Å²) in [7, 11) is -1.46. The van der Waals surface area contributed by atoms with Crippen molar-refractivity contribution in [3.63, 3.8) is 0 Å². The number of hydrogen-bond acceptors (Lipinski definition) is 2. The monoisotopic (exact) mass is 291 g/mol. The first kappa shape index (κ1) is 17.1. The first-order valence-electron chi connectivity index (χ1n) is 7.71. The molecule has 0 saturated heterocycles. The van der Waals surface area contributed by atoms with E-state index in [9.17, 15) is 5.11 Å². The number of aliphatic hydroxyl groups is 1. The van der Waals surface area contributed by atoms with E-state index in [1.165, 1.54) is 28.9 Å². The van der Waals surface area contributed by atoms with Gasteiger partial charge in [0.25, 0.3) is 0 Å². The molecule has 1 aromatic carbocycles. The maximum atomic E-state index is 9.72. The molecule has 2 nitrogen and oxygen atoms in total. The number of nitrogens with one attached hydrogen (secondary N) is 1. The quantitative estimate of drug-likeness (QED) is 0.679. The molecule has 0 aliphatic rings. The third-order valence-electron chi connectivity index (χ3n) is 4.71. The SMILES string of the molecule is C=C(C(CO)NCc1ccccc1)[Si](CC)(CC)CC. The zero-order valence-corrected chi connectivity index (χ0v) is 14.2. The summed E-state index contributed by atoms with van der Waals surface area (Å²) in [5.41, 5.74) is 1.25. The van der Waals surface area contributed by atoms with E-state index in [0.717, 1.165) is 6.54 Å². The molecule has 0 heterocycles. The van der Waals surface area contributed by atoms with E-state index >= 15 is 0 Å². The molecule has 1 rings (SSSR count). The molecular formula is C17H29NOSi. The largest absolute Gasteiger partial charge is 0.394 e. The van der Waals surface area contributed by atoms with E-state index < -0.39 is 8.07 Å². The van der Waals surface area contributed by atoms with Gasteiger partial charge >= 0.3 is 0 Å². The molecule has 0 fully saturated rings. The van der Waals surface area contributed by atoms with Crippen LogP contribution in [0.5, 0.6) is 0 Å². The Balaban J connectivity index is 2.72. The summed E-state index contributed by atoms with van der Waals surface area (Å²) in [4.78, 5) is 0. The standard InChI is InChI=1S/C17H29NOSi/c1-5-20(6-2,7-3)15(4)17(14-19)18-13-16-11-9-8-10-12-16/h8-12,17-19H,4-7,13-14H2,1-3H3. The normalized spacial score (nSPS) is 13.2. The van der Waals surface area contributed by atoms with Gasteiger partial charge in [-0.25, -0.2) is 0 Å². The van der Waals surface area contributed by atoms with Gasteiger partial charge in [0.2, 0.25) is 0 Å². The maximum Gasteiger partial charge on any atom is 0.0821 e. The van der Waals surface area contributed by atoms with Crippen molar-refractivity contribution < 1.29 is 5.11 Å². The lowest BCUT2D eigenvalue weighted by Crippen LogP contribution is -2.46. The summed E-state index contributed by atoms with van der Waals surface area (Å²) in [5, 5.41) is 14.5. The molecule has 1 atom stereocenters. The highest BCUT2D eigenvalue weighted by molar-refractivity contribution is 6.86. The van der Waals surface area contributed by atoms with Crippen LogP contribution in [0.15, 0.2) is 42.1 Å². The van der Waals surface area contributed by atoms with Crippen LogP contribution in [0.1, 0.15) is 26.3 Å². The molecule has 0 aliphatic heterocycles. The van der Waals surface area contributed by atoms with Crippen LogP contribution in [0.2, 0.25) is 18.1 Å². The number of aliphatic hydroxyl groups excluding tert-OH is 1.